The highest BCUT2D eigenvalue weighted by atomic mass is 16.4. The van der Waals surface area contributed by atoms with E-state index < -0.39 is 5.97 Å². The van der Waals surface area contributed by atoms with Crippen LogP contribution in [0.3, 0.4) is 0 Å². The van der Waals surface area contributed by atoms with Crippen LogP contribution >= 0.6 is 0 Å². The van der Waals surface area contributed by atoms with Crippen molar-refractivity contribution in [2.45, 2.75) is 52.4 Å². The Labute approximate surface area is 127 Å². The zero-order valence-corrected chi connectivity index (χ0v) is 13.4. The Morgan fingerprint density at radius 1 is 1.33 bits per heavy atom. The molecule has 122 valence electrons. The lowest BCUT2D eigenvalue weighted by atomic mass is 9.84. The van der Waals surface area contributed by atoms with Gasteiger partial charge in [-0.25, -0.2) is 0 Å². The second kappa shape index (κ2) is 9.03. The molecular formula is C16H30N2O3. The van der Waals surface area contributed by atoms with E-state index in [1.807, 2.05) is 11.8 Å². The number of nitrogens with zero attached hydrogens (tertiary/aromatic N) is 1. The molecule has 21 heavy (non-hydrogen) atoms. The number of carboxylic acids is 1. The third-order valence-corrected chi connectivity index (χ3v) is 4.62. The van der Waals surface area contributed by atoms with Crippen molar-refractivity contribution in [3.63, 3.8) is 0 Å². The highest BCUT2D eigenvalue weighted by molar-refractivity contribution is 5.76. The molecule has 0 aromatic rings. The second-order valence-electron chi connectivity index (χ2n) is 6.54. The molecule has 1 aliphatic rings. The number of aliphatic carboxylic acids is 1. The average Bonchev–Trinajstić information content (AvgIpc) is 2.44. The number of carbonyl (C=O) groups excluding carboxylic acids is 1. The summed E-state index contributed by atoms with van der Waals surface area (Å²) < 4.78 is 0. The zero-order valence-electron chi connectivity index (χ0n) is 13.4. The summed E-state index contributed by atoms with van der Waals surface area (Å²) in [5.74, 6) is 0.410. The van der Waals surface area contributed by atoms with Crippen LogP contribution in [0.1, 0.15) is 52.4 Å². The van der Waals surface area contributed by atoms with E-state index in [9.17, 15) is 9.59 Å². The molecule has 0 aromatic heterocycles. The van der Waals surface area contributed by atoms with Crippen molar-refractivity contribution in [1.29, 1.82) is 0 Å². The number of hydrogen-bond acceptors (Lipinski definition) is 3. The Kier molecular flexibility index (Phi) is 7.72. The number of hydrogen-bond donors (Lipinski definition) is 2. The van der Waals surface area contributed by atoms with Gasteiger partial charge < -0.3 is 15.7 Å². The Bertz CT molecular complexity index is 346. The van der Waals surface area contributed by atoms with Crippen LogP contribution in [-0.4, -0.2) is 41.5 Å². The minimum Gasteiger partial charge on any atom is -0.481 e. The first-order valence-corrected chi connectivity index (χ1v) is 8.13. The van der Waals surface area contributed by atoms with E-state index in [2.05, 4.69) is 6.92 Å². The van der Waals surface area contributed by atoms with Gasteiger partial charge in [0, 0.05) is 25.9 Å². The maximum Gasteiger partial charge on any atom is 0.303 e. The summed E-state index contributed by atoms with van der Waals surface area (Å²) in [4.78, 5) is 25.0. The van der Waals surface area contributed by atoms with E-state index in [0.29, 0.717) is 24.8 Å². The van der Waals surface area contributed by atoms with Crippen molar-refractivity contribution in [3.05, 3.63) is 0 Å². The lowest BCUT2D eigenvalue weighted by Crippen LogP contribution is -2.42. The smallest absolute Gasteiger partial charge is 0.303 e. The number of amides is 1. The molecule has 1 fully saturated rings. The van der Waals surface area contributed by atoms with Crippen LogP contribution in [0, 0.1) is 17.8 Å². The summed E-state index contributed by atoms with van der Waals surface area (Å²) >= 11 is 0. The van der Waals surface area contributed by atoms with Crippen molar-refractivity contribution in [1.82, 2.24) is 4.90 Å². The minimum atomic E-state index is -0.749. The zero-order chi connectivity index (χ0) is 15.8. The summed E-state index contributed by atoms with van der Waals surface area (Å²) in [6.45, 7) is 6.33. The molecule has 0 aromatic carbocycles. The fourth-order valence-electron chi connectivity index (χ4n) is 3.10. The van der Waals surface area contributed by atoms with E-state index in [4.69, 9.17) is 10.8 Å². The summed E-state index contributed by atoms with van der Waals surface area (Å²) in [5.41, 5.74) is 5.53. The first-order chi connectivity index (χ1) is 9.93. The molecule has 0 aliphatic carbocycles. The SMILES string of the molecule is CC(CCN)CCC(=O)N1CCCC(C(C)CC(=O)O)C1. The minimum absolute atomic E-state index is 0.134. The number of rotatable bonds is 8. The Hall–Kier alpha value is -1.10. The molecule has 0 spiro atoms. The van der Waals surface area contributed by atoms with Gasteiger partial charge in [-0.05, 0) is 50.0 Å². The highest BCUT2D eigenvalue weighted by Gasteiger charge is 2.28. The van der Waals surface area contributed by atoms with Gasteiger partial charge in [-0.1, -0.05) is 13.8 Å². The van der Waals surface area contributed by atoms with Crippen LogP contribution in [0.15, 0.2) is 0 Å². The Balaban J connectivity index is 2.40. The average molecular weight is 298 g/mol. The van der Waals surface area contributed by atoms with Gasteiger partial charge in [0.1, 0.15) is 0 Å². The molecule has 3 atom stereocenters. The molecule has 1 aliphatic heterocycles. The van der Waals surface area contributed by atoms with Crippen molar-refractivity contribution >= 4 is 11.9 Å². The monoisotopic (exact) mass is 298 g/mol. The molecule has 3 N–H and O–H groups in total. The van der Waals surface area contributed by atoms with Crippen LogP contribution in [0.5, 0.6) is 0 Å². The molecule has 1 heterocycles. The molecule has 0 saturated carbocycles. The van der Waals surface area contributed by atoms with Crippen LogP contribution < -0.4 is 5.73 Å². The number of piperidine rings is 1. The van der Waals surface area contributed by atoms with E-state index in [0.717, 1.165) is 38.8 Å². The van der Waals surface area contributed by atoms with Gasteiger partial charge in [0.05, 0.1) is 0 Å². The maximum absolute atomic E-state index is 12.3. The Morgan fingerprint density at radius 3 is 2.67 bits per heavy atom. The summed E-state index contributed by atoms with van der Waals surface area (Å²) in [6, 6.07) is 0. The number of likely N-dealkylation sites (tertiary alicyclic amines) is 1. The van der Waals surface area contributed by atoms with Gasteiger partial charge in [0.2, 0.25) is 5.91 Å². The lowest BCUT2D eigenvalue weighted by Gasteiger charge is -2.35. The van der Waals surface area contributed by atoms with E-state index in [-0.39, 0.29) is 18.2 Å². The fraction of sp³-hybridized carbons (Fsp3) is 0.875. The molecule has 0 bridgehead atoms. The lowest BCUT2D eigenvalue weighted by molar-refractivity contribution is -0.138. The van der Waals surface area contributed by atoms with Gasteiger partial charge in [-0.3, -0.25) is 9.59 Å². The number of carboxylic acid groups (broad SMARTS) is 1. The fourth-order valence-corrected chi connectivity index (χ4v) is 3.10. The third kappa shape index (κ3) is 6.46. The summed E-state index contributed by atoms with van der Waals surface area (Å²) in [7, 11) is 0. The second-order valence-corrected chi connectivity index (χ2v) is 6.54. The van der Waals surface area contributed by atoms with Crippen molar-refractivity contribution < 1.29 is 14.7 Å². The number of nitrogens with two attached hydrogens (primary N) is 1. The van der Waals surface area contributed by atoms with Gasteiger partial charge in [0.25, 0.3) is 0 Å². The molecule has 5 heteroatoms. The predicted octanol–water partition coefficient (Wildman–Crippen LogP) is 2.10. The summed E-state index contributed by atoms with van der Waals surface area (Å²) in [5, 5.41) is 8.89. The highest BCUT2D eigenvalue weighted by Crippen LogP contribution is 2.26. The van der Waals surface area contributed by atoms with E-state index >= 15 is 0 Å². The van der Waals surface area contributed by atoms with Crippen molar-refractivity contribution in [3.8, 4) is 0 Å². The van der Waals surface area contributed by atoms with Crippen molar-refractivity contribution in [2.24, 2.45) is 23.5 Å². The van der Waals surface area contributed by atoms with E-state index in [1.54, 1.807) is 0 Å². The quantitative estimate of drug-likeness (QED) is 0.719. The van der Waals surface area contributed by atoms with Crippen LogP contribution in [0.25, 0.3) is 0 Å². The van der Waals surface area contributed by atoms with E-state index in [1.165, 1.54) is 0 Å². The molecule has 1 rings (SSSR count). The molecule has 1 amide bonds. The normalized spacial score (nSPS) is 21.9. The first-order valence-electron chi connectivity index (χ1n) is 8.13. The van der Waals surface area contributed by atoms with Crippen LogP contribution in [0.4, 0.5) is 0 Å². The largest absolute Gasteiger partial charge is 0.481 e. The molecular weight excluding hydrogens is 268 g/mol. The third-order valence-electron chi connectivity index (χ3n) is 4.62. The first kappa shape index (κ1) is 18.0. The molecule has 0 radical (unpaired) electrons. The predicted molar refractivity (Wildman–Crippen MR) is 82.8 cm³/mol. The standard InChI is InChI=1S/C16H30N2O3/c1-12(7-8-17)5-6-15(19)18-9-3-4-14(11-18)13(2)10-16(20)21/h12-14H,3-11,17H2,1-2H3,(H,20,21). The molecule has 1 saturated heterocycles. The van der Waals surface area contributed by atoms with Gasteiger partial charge in [-0.15, -0.1) is 0 Å². The molecule has 5 nitrogen and oxygen atoms in total. The van der Waals surface area contributed by atoms with Crippen LogP contribution in [-0.2, 0) is 9.59 Å². The van der Waals surface area contributed by atoms with Gasteiger partial charge >= 0.3 is 5.97 Å². The Morgan fingerprint density at radius 2 is 2.05 bits per heavy atom. The van der Waals surface area contributed by atoms with Crippen molar-refractivity contribution in [2.75, 3.05) is 19.6 Å². The van der Waals surface area contributed by atoms with Gasteiger partial charge in [-0.2, -0.15) is 0 Å². The summed E-state index contributed by atoms with van der Waals surface area (Å²) in [6.07, 6.45) is 4.65. The van der Waals surface area contributed by atoms with Gasteiger partial charge in [0.15, 0.2) is 0 Å². The van der Waals surface area contributed by atoms with Crippen LogP contribution in [0.2, 0.25) is 0 Å². The topological polar surface area (TPSA) is 83.6 Å². The maximum atomic E-state index is 12.3. The molecule has 3 unspecified atom stereocenters. The number of carbonyl (C=O) groups is 2.